The Hall–Kier alpha value is -2.23. The number of hydrogen-bond donors (Lipinski definition) is 0. The molecule has 0 bridgehead atoms. The fraction of sp³-hybridized carbons (Fsp3) is 0.381. The van der Waals surface area contributed by atoms with Crippen LogP contribution < -0.4 is 0 Å². The van der Waals surface area contributed by atoms with Gasteiger partial charge in [0, 0.05) is 19.5 Å². The van der Waals surface area contributed by atoms with Gasteiger partial charge in [0.1, 0.15) is 11.5 Å². The minimum absolute atomic E-state index is 0.0185. The molecule has 2 aromatic carbocycles. The summed E-state index contributed by atoms with van der Waals surface area (Å²) in [6.45, 7) is 2.49. The molecule has 0 spiro atoms. The third kappa shape index (κ3) is 4.20. The highest BCUT2D eigenvalue weighted by Crippen LogP contribution is 2.31. The Kier molecular flexibility index (Phi) is 5.93. The van der Waals surface area contributed by atoms with E-state index in [-0.39, 0.29) is 17.9 Å². The fourth-order valence-corrected chi connectivity index (χ4v) is 5.50. The first-order chi connectivity index (χ1) is 13.0. The monoisotopic (exact) mass is 386 g/mol. The highest BCUT2D eigenvalue weighted by molar-refractivity contribution is 7.92. The highest BCUT2D eigenvalue weighted by Gasteiger charge is 2.41. The van der Waals surface area contributed by atoms with Crippen LogP contribution in [0.15, 0.2) is 53.4 Å². The van der Waals surface area contributed by atoms with Crippen LogP contribution in [0.4, 0.5) is 4.39 Å². The van der Waals surface area contributed by atoms with Crippen molar-refractivity contribution in [2.45, 2.75) is 49.2 Å². The summed E-state index contributed by atoms with van der Waals surface area (Å²) in [4.78, 5) is 1.92. The molecule has 0 aromatic heterocycles. The van der Waals surface area contributed by atoms with Crippen molar-refractivity contribution < 1.29 is 12.8 Å². The maximum absolute atomic E-state index is 14.1. The predicted octanol–water partition coefficient (Wildman–Crippen LogP) is 3.85. The van der Waals surface area contributed by atoms with E-state index in [1.54, 1.807) is 41.3 Å². The lowest BCUT2D eigenvalue weighted by molar-refractivity contribution is 0.269. The van der Waals surface area contributed by atoms with E-state index in [4.69, 9.17) is 0 Å². The first kappa shape index (κ1) is 19.5. The standard InChI is InChI=1S/C21H23FN2O2S/c1-2-6-17-11-16(9-10-18(17)13-23)14-24-15-19(22)12-21(24)27(25,26)20-7-4-3-5-8-20/h3-5,7-11,19,21H,2,6,12,14-15H2,1H3/t19-,21+/m1/s1. The molecule has 3 rings (SSSR count). The zero-order valence-corrected chi connectivity index (χ0v) is 16.1. The minimum atomic E-state index is -3.64. The molecule has 2 atom stereocenters. The van der Waals surface area contributed by atoms with Crippen LogP contribution in [-0.2, 0) is 22.8 Å². The van der Waals surface area contributed by atoms with Crippen molar-refractivity contribution in [3.05, 3.63) is 65.2 Å². The molecular weight excluding hydrogens is 363 g/mol. The van der Waals surface area contributed by atoms with Gasteiger partial charge in [-0.25, -0.2) is 12.8 Å². The first-order valence-corrected chi connectivity index (χ1v) is 10.7. The maximum Gasteiger partial charge on any atom is 0.194 e. The first-order valence-electron chi connectivity index (χ1n) is 9.14. The normalized spacial score (nSPS) is 20.5. The van der Waals surface area contributed by atoms with Crippen LogP contribution in [0, 0.1) is 11.3 Å². The third-order valence-corrected chi connectivity index (χ3v) is 7.06. The van der Waals surface area contributed by atoms with E-state index in [0.29, 0.717) is 12.1 Å². The number of rotatable bonds is 6. The van der Waals surface area contributed by atoms with E-state index in [9.17, 15) is 18.1 Å². The van der Waals surface area contributed by atoms with Gasteiger partial charge in [0.15, 0.2) is 9.84 Å². The Labute approximate surface area is 160 Å². The molecule has 2 aromatic rings. The zero-order chi connectivity index (χ0) is 19.4. The van der Waals surface area contributed by atoms with Gasteiger partial charge in [-0.15, -0.1) is 0 Å². The maximum atomic E-state index is 14.1. The lowest BCUT2D eigenvalue weighted by Crippen LogP contribution is -2.35. The quantitative estimate of drug-likeness (QED) is 0.756. The second-order valence-corrected chi connectivity index (χ2v) is 9.03. The van der Waals surface area contributed by atoms with Crippen molar-refractivity contribution >= 4 is 9.84 Å². The van der Waals surface area contributed by atoms with E-state index in [1.165, 1.54) is 0 Å². The summed E-state index contributed by atoms with van der Waals surface area (Å²) in [5, 5.41) is 8.37. The number of nitrogens with zero attached hydrogens (tertiary/aromatic N) is 2. The summed E-state index contributed by atoms with van der Waals surface area (Å²) < 4.78 is 40.1. The SMILES string of the molecule is CCCc1cc(CN2C[C@H](F)C[C@@H]2S(=O)(=O)c2ccccc2)ccc1C#N. The minimum Gasteiger partial charge on any atom is -0.280 e. The Morgan fingerprint density at radius 3 is 2.63 bits per heavy atom. The average molecular weight is 386 g/mol. The summed E-state index contributed by atoms with van der Waals surface area (Å²) in [6, 6.07) is 16.0. The number of nitriles is 1. The molecule has 27 heavy (non-hydrogen) atoms. The second-order valence-electron chi connectivity index (χ2n) is 6.93. The van der Waals surface area contributed by atoms with Gasteiger partial charge in [0.05, 0.1) is 16.5 Å². The van der Waals surface area contributed by atoms with Gasteiger partial charge >= 0.3 is 0 Å². The van der Waals surface area contributed by atoms with Crippen LogP contribution >= 0.6 is 0 Å². The molecule has 1 heterocycles. The van der Waals surface area contributed by atoms with Gasteiger partial charge in [0.25, 0.3) is 0 Å². The number of likely N-dealkylation sites (tertiary alicyclic amines) is 1. The molecule has 1 aliphatic heterocycles. The Bertz CT molecular complexity index is 938. The van der Waals surface area contributed by atoms with Crippen LogP contribution in [0.5, 0.6) is 0 Å². The highest BCUT2D eigenvalue weighted by atomic mass is 32.2. The molecule has 1 saturated heterocycles. The fourth-order valence-electron chi connectivity index (χ4n) is 3.64. The van der Waals surface area contributed by atoms with Crippen molar-refractivity contribution in [2.75, 3.05) is 6.54 Å². The number of sulfone groups is 1. The molecule has 0 N–H and O–H groups in total. The van der Waals surface area contributed by atoms with Gasteiger partial charge in [-0.1, -0.05) is 43.7 Å². The molecule has 142 valence electrons. The molecule has 4 nitrogen and oxygen atoms in total. The molecule has 0 radical (unpaired) electrons. The summed E-state index contributed by atoms with van der Waals surface area (Å²) >= 11 is 0. The molecule has 6 heteroatoms. The number of hydrogen-bond acceptors (Lipinski definition) is 4. The van der Waals surface area contributed by atoms with Crippen molar-refractivity contribution in [3.8, 4) is 6.07 Å². The molecule has 0 unspecified atom stereocenters. The molecule has 1 aliphatic rings. The summed E-state index contributed by atoms with van der Waals surface area (Å²) in [7, 11) is -3.64. The summed E-state index contributed by atoms with van der Waals surface area (Å²) in [5.74, 6) is 0. The van der Waals surface area contributed by atoms with E-state index >= 15 is 0 Å². The third-order valence-electron chi connectivity index (χ3n) is 4.92. The predicted molar refractivity (Wildman–Crippen MR) is 102 cm³/mol. The van der Waals surface area contributed by atoms with Crippen LogP contribution in [0.1, 0.15) is 36.5 Å². The van der Waals surface area contributed by atoms with Gasteiger partial charge < -0.3 is 0 Å². The Morgan fingerprint density at radius 2 is 1.96 bits per heavy atom. The van der Waals surface area contributed by atoms with Crippen molar-refractivity contribution in [2.24, 2.45) is 0 Å². The van der Waals surface area contributed by atoms with Crippen LogP contribution in [0.2, 0.25) is 0 Å². The van der Waals surface area contributed by atoms with E-state index in [2.05, 4.69) is 6.07 Å². The molecule has 1 fully saturated rings. The van der Waals surface area contributed by atoms with Crippen molar-refractivity contribution in [1.29, 1.82) is 5.26 Å². The number of aryl methyl sites for hydroxylation is 1. The zero-order valence-electron chi connectivity index (χ0n) is 15.3. The van der Waals surface area contributed by atoms with Crippen molar-refractivity contribution in [3.63, 3.8) is 0 Å². The smallest absolute Gasteiger partial charge is 0.194 e. The van der Waals surface area contributed by atoms with Gasteiger partial charge in [-0.3, -0.25) is 4.90 Å². The van der Waals surface area contributed by atoms with E-state index < -0.39 is 21.4 Å². The van der Waals surface area contributed by atoms with Gasteiger partial charge in [0.2, 0.25) is 0 Å². The largest absolute Gasteiger partial charge is 0.280 e. The number of halogens is 1. The Balaban J connectivity index is 1.87. The van der Waals surface area contributed by atoms with E-state index in [0.717, 1.165) is 24.0 Å². The lowest BCUT2D eigenvalue weighted by Gasteiger charge is -2.24. The van der Waals surface area contributed by atoms with Crippen LogP contribution in [0.25, 0.3) is 0 Å². The molecule has 0 aliphatic carbocycles. The molecule has 0 saturated carbocycles. The van der Waals surface area contributed by atoms with E-state index in [1.807, 2.05) is 19.1 Å². The average Bonchev–Trinajstić information content (AvgIpc) is 3.04. The number of benzene rings is 2. The van der Waals surface area contributed by atoms with Gasteiger partial charge in [-0.05, 0) is 35.7 Å². The topological polar surface area (TPSA) is 61.2 Å². The molecule has 0 amide bonds. The summed E-state index contributed by atoms with van der Waals surface area (Å²) in [6.07, 6.45) is 0.519. The Morgan fingerprint density at radius 1 is 1.22 bits per heavy atom. The van der Waals surface area contributed by atoms with Gasteiger partial charge in [-0.2, -0.15) is 5.26 Å². The molecular formula is C21H23FN2O2S. The van der Waals surface area contributed by atoms with Crippen LogP contribution in [-0.4, -0.2) is 31.4 Å². The number of alkyl halides is 1. The van der Waals surface area contributed by atoms with Crippen molar-refractivity contribution in [1.82, 2.24) is 4.90 Å². The second kappa shape index (κ2) is 8.20. The van der Waals surface area contributed by atoms with Crippen LogP contribution in [0.3, 0.4) is 0 Å². The lowest BCUT2D eigenvalue weighted by atomic mass is 10.0. The summed E-state index contributed by atoms with van der Waals surface area (Å²) in [5.41, 5.74) is 2.50.